The van der Waals surface area contributed by atoms with Gasteiger partial charge in [-0.15, -0.1) is 0 Å². The minimum absolute atomic E-state index is 0.0173. The Morgan fingerprint density at radius 1 is 0.714 bits per heavy atom. The highest BCUT2D eigenvalue weighted by atomic mass is 32.2. The Hall–Kier alpha value is -2.46. The SMILES string of the molecule is O=[C]c1ccccc1S(=O)(=O)c1cccc2ccccc12. The zero-order valence-corrected chi connectivity index (χ0v) is 11.8. The maximum Gasteiger partial charge on any atom is 0.234 e. The van der Waals surface area contributed by atoms with Crippen LogP contribution >= 0.6 is 0 Å². The Labute approximate surface area is 122 Å². The largest absolute Gasteiger partial charge is 0.285 e. The third kappa shape index (κ3) is 2.23. The quantitative estimate of drug-likeness (QED) is 0.746. The fourth-order valence-corrected chi connectivity index (χ4v) is 3.96. The van der Waals surface area contributed by atoms with Crippen LogP contribution in [0.5, 0.6) is 0 Å². The van der Waals surface area contributed by atoms with Crippen LogP contribution in [0.15, 0.2) is 76.5 Å². The number of rotatable bonds is 3. The van der Waals surface area contributed by atoms with Gasteiger partial charge in [-0.25, -0.2) is 8.42 Å². The van der Waals surface area contributed by atoms with Crippen LogP contribution in [-0.4, -0.2) is 14.7 Å². The molecular formula is C17H11O3S. The highest BCUT2D eigenvalue weighted by molar-refractivity contribution is 7.91. The normalized spacial score (nSPS) is 11.4. The van der Waals surface area contributed by atoms with Crippen LogP contribution in [0.2, 0.25) is 0 Å². The second-order valence-corrected chi connectivity index (χ2v) is 6.47. The molecule has 0 heterocycles. The lowest BCUT2D eigenvalue weighted by molar-refractivity contribution is 0.560. The lowest BCUT2D eigenvalue weighted by atomic mass is 10.1. The van der Waals surface area contributed by atoms with E-state index in [4.69, 9.17) is 0 Å². The second-order valence-electron chi connectivity index (χ2n) is 4.58. The van der Waals surface area contributed by atoms with E-state index in [1.165, 1.54) is 12.1 Å². The Bertz CT molecular complexity index is 922. The lowest BCUT2D eigenvalue weighted by Crippen LogP contribution is -2.06. The van der Waals surface area contributed by atoms with E-state index in [0.29, 0.717) is 5.39 Å². The van der Waals surface area contributed by atoms with Gasteiger partial charge in [-0.05, 0) is 23.6 Å². The molecule has 0 saturated carbocycles. The molecule has 0 spiro atoms. The molecule has 0 unspecified atom stereocenters. The maximum atomic E-state index is 12.8. The predicted octanol–water partition coefficient (Wildman–Crippen LogP) is 3.13. The van der Waals surface area contributed by atoms with Crippen LogP contribution in [0.3, 0.4) is 0 Å². The number of hydrogen-bond acceptors (Lipinski definition) is 3. The van der Waals surface area contributed by atoms with Gasteiger partial charge < -0.3 is 0 Å². The zero-order chi connectivity index (χ0) is 14.9. The van der Waals surface area contributed by atoms with E-state index in [-0.39, 0.29) is 15.4 Å². The van der Waals surface area contributed by atoms with E-state index in [9.17, 15) is 13.2 Å². The van der Waals surface area contributed by atoms with E-state index >= 15 is 0 Å². The minimum Gasteiger partial charge on any atom is -0.285 e. The molecule has 0 aliphatic carbocycles. The van der Waals surface area contributed by atoms with E-state index < -0.39 is 9.84 Å². The van der Waals surface area contributed by atoms with Crippen molar-refractivity contribution in [2.75, 3.05) is 0 Å². The van der Waals surface area contributed by atoms with Crippen molar-refractivity contribution in [3.63, 3.8) is 0 Å². The molecule has 3 aromatic carbocycles. The molecule has 4 heteroatoms. The summed E-state index contributed by atoms with van der Waals surface area (Å²) in [7, 11) is -3.77. The van der Waals surface area contributed by atoms with Crippen molar-refractivity contribution in [3.8, 4) is 0 Å². The average Bonchev–Trinajstić information content (AvgIpc) is 2.54. The van der Waals surface area contributed by atoms with Gasteiger partial charge in [-0.3, -0.25) is 4.79 Å². The highest BCUT2D eigenvalue weighted by Crippen LogP contribution is 2.29. The van der Waals surface area contributed by atoms with Crippen LogP contribution in [-0.2, 0) is 14.6 Å². The van der Waals surface area contributed by atoms with Crippen molar-refractivity contribution in [1.29, 1.82) is 0 Å². The molecule has 0 aliphatic heterocycles. The van der Waals surface area contributed by atoms with Crippen LogP contribution < -0.4 is 0 Å². The van der Waals surface area contributed by atoms with E-state index in [1.807, 2.05) is 18.2 Å². The molecule has 0 bridgehead atoms. The van der Waals surface area contributed by atoms with Gasteiger partial charge in [0.1, 0.15) is 0 Å². The first-order valence-corrected chi connectivity index (χ1v) is 7.83. The van der Waals surface area contributed by atoms with Gasteiger partial charge in [0.25, 0.3) is 0 Å². The van der Waals surface area contributed by atoms with E-state index in [0.717, 1.165) is 5.39 Å². The monoisotopic (exact) mass is 295 g/mol. The minimum atomic E-state index is -3.77. The van der Waals surface area contributed by atoms with Crippen molar-refractivity contribution in [2.24, 2.45) is 0 Å². The molecule has 0 aliphatic rings. The molecule has 0 aromatic heterocycles. The number of sulfone groups is 1. The van der Waals surface area contributed by atoms with Gasteiger partial charge in [-0.2, -0.15) is 0 Å². The molecule has 21 heavy (non-hydrogen) atoms. The Morgan fingerprint density at radius 3 is 2.14 bits per heavy atom. The molecule has 3 aromatic rings. The van der Waals surface area contributed by atoms with Crippen molar-refractivity contribution in [2.45, 2.75) is 9.79 Å². The molecule has 0 amide bonds. The number of benzene rings is 3. The fourth-order valence-electron chi connectivity index (χ4n) is 2.33. The summed E-state index contributed by atoms with van der Waals surface area (Å²) in [5.74, 6) is 0. The van der Waals surface area contributed by atoms with Crippen molar-refractivity contribution < 1.29 is 13.2 Å². The molecule has 0 fully saturated rings. The lowest BCUT2D eigenvalue weighted by Gasteiger charge is -2.09. The third-order valence-corrected chi connectivity index (χ3v) is 5.20. The highest BCUT2D eigenvalue weighted by Gasteiger charge is 2.22. The number of hydrogen-bond donors (Lipinski definition) is 0. The smallest absolute Gasteiger partial charge is 0.234 e. The summed E-state index contributed by atoms with van der Waals surface area (Å²) in [5.41, 5.74) is 0.0467. The molecule has 3 nitrogen and oxygen atoms in total. The first-order valence-electron chi connectivity index (χ1n) is 6.34. The number of fused-ring (bicyclic) bond motifs is 1. The summed E-state index contributed by atoms with van der Waals surface area (Å²) in [6.07, 6.45) is 1.69. The summed E-state index contributed by atoms with van der Waals surface area (Å²) in [5, 5.41) is 1.48. The zero-order valence-electron chi connectivity index (χ0n) is 11.0. The molecule has 103 valence electrons. The van der Waals surface area contributed by atoms with Crippen LogP contribution in [0.1, 0.15) is 5.56 Å². The van der Waals surface area contributed by atoms with Crippen LogP contribution in [0, 0.1) is 0 Å². The standard InChI is InChI=1S/C17H11O3S/c18-12-14-7-2-4-10-16(14)21(19,20)17-11-5-8-13-6-1-3-9-15(13)17/h1-11H. The molecule has 0 atom stereocenters. The van der Waals surface area contributed by atoms with Gasteiger partial charge in [0.05, 0.1) is 9.79 Å². The van der Waals surface area contributed by atoms with Gasteiger partial charge in [-0.1, -0.05) is 48.5 Å². The topological polar surface area (TPSA) is 51.2 Å². The van der Waals surface area contributed by atoms with Crippen LogP contribution in [0.25, 0.3) is 10.8 Å². The van der Waals surface area contributed by atoms with Crippen LogP contribution in [0.4, 0.5) is 0 Å². The molecule has 3 rings (SSSR count). The molecule has 0 saturated heterocycles. The summed E-state index contributed by atoms with van der Waals surface area (Å²) in [6.45, 7) is 0. The summed E-state index contributed by atoms with van der Waals surface area (Å²) < 4.78 is 25.7. The summed E-state index contributed by atoms with van der Waals surface area (Å²) in [4.78, 5) is 11.2. The van der Waals surface area contributed by atoms with E-state index in [2.05, 4.69) is 0 Å². The first-order chi connectivity index (χ1) is 10.1. The van der Waals surface area contributed by atoms with Gasteiger partial charge in [0.2, 0.25) is 16.1 Å². The Morgan fingerprint density at radius 2 is 1.33 bits per heavy atom. The Balaban J connectivity index is 2.33. The van der Waals surface area contributed by atoms with E-state index in [1.54, 1.807) is 42.7 Å². The van der Waals surface area contributed by atoms with Crippen molar-refractivity contribution in [1.82, 2.24) is 0 Å². The first kappa shape index (κ1) is 13.5. The summed E-state index contributed by atoms with van der Waals surface area (Å²) in [6, 6.07) is 18.4. The summed E-state index contributed by atoms with van der Waals surface area (Å²) >= 11 is 0. The van der Waals surface area contributed by atoms with Crippen molar-refractivity contribution >= 4 is 26.9 Å². The predicted molar refractivity (Wildman–Crippen MR) is 80.6 cm³/mol. The van der Waals surface area contributed by atoms with Gasteiger partial charge >= 0.3 is 0 Å². The molecular weight excluding hydrogens is 284 g/mol. The molecule has 1 radical (unpaired) electrons. The average molecular weight is 295 g/mol. The van der Waals surface area contributed by atoms with Gasteiger partial charge in [0, 0.05) is 10.9 Å². The maximum absolute atomic E-state index is 12.8. The fraction of sp³-hybridized carbons (Fsp3) is 0. The second kappa shape index (κ2) is 5.14. The number of carbonyl (C=O) groups excluding carboxylic acids is 1. The Kier molecular flexibility index (Phi) is 3.31. The van der Waals surface area contributed by atoms with Crippen molar-refractivity contribution in [3.05, 3.63) is 72.3 Å². The van der Waals surface area contributed by atoms with Gasteiger partial charge in [0.15, 0.2) is 0 Å². The molecule has 0 N–H and O–H groups in total. The third-order valence-electron chi connectivity index (χ3n) is 3.33.